The maximum absolute atomic E-state index is 11.9. The minimum absolute atomic E-state index is 0.154. The quantitative estimate of drug-likeness (QED) is 0.504. The molecular weight excluding hydrogens is 284 g/mol. The summed E-state index contributed by atoms with van der Waals surface area (Å²) in [5.74, 6) is -1.11. The van der Waals surface area contributed by atoms with Crippen LogP contribution in [0.15, 0.2) is 60.4 Å². The van der Waals surface area contributed by atoms with Gasteiger partial charge in [-0.2, -0.15) is 0 Å². The summed E-state index contributed by atoms with van der Waals surface area (Å²) in [6.07, 6.45) is 0. The van der Waals surface area contributed by atoms with E-state index < -0.39 is 5.97 Å². The fraction of sp³-hybridized carbons (Fsp3) is 0.118. The smallest absolute Gasteiger partial charge is 0.377 e. The summed E-state index contributed by atoms with van der Waals surface area (Å²) in [6.45, 7) is -0.154. The van der Waals surface area contributed by atoms with E-state index in [2.05, 4.69) is 4.74 Å². The summed E-state index contributed by atoms with van der Waals surface area (Å²) in [7, 11) is 1.20. The van der Waals surface area contributed by atoms with E-state index in [1.807, 2.05) is 0 Å². The highest BCUT2D eigenvalue weighted by molar-refractivity contribution is 5.94. The first-order valence-corrected chi connectivity index (χ1v) is 6.60. The Kier molecular flexibility index (Phi) is 5.16. The van der Waals surface area contributed by atoms with Crippen molar-refractivity contribution < 1.29 is 24.5 Å². The second kappa shape index (κ2) is 7.28. The molecule has 5 nitrogen and oxygen atoms in total. The zero-order valence-corrected chi connectivity index (χ0v) is 12.0. The molecule has 0 spiro atoms. The average molecular weight is 300 g/mol. The Morgan fingerprint density at radius 3 is 2.45 bits per heavy atom. The normalized spacial score (nSPS) is 11.5. The molecule has 0 aromatic heterocycles. The van der Waals surface area contributed by atoms with E-state index in [-0.39, 0.29) is 18.1 Å². The average Bonchev–Trinajstić information content (AvgIpc) is 2.59. The molecule has 0 fully saturated rings. The van der Waals surface area contributed by atoms with Crippen molar-refractivity contribution in [2.45, 2.75) is 6.61 Å². The molecule has 0 saturated heterocycles. The topological polar surface area (TPSA) is 76.0 Å². The summed E-state index contributed by atoms with van der Waals surface area (Å²) in [5, 5.41) is 19.4. The number of aliphatic hydroxyl groups is 2. The first kappa shape index (κ1) is 15.6. The van der Waals surface area contributed by atoms with Crippen molar-refractivity contribution >= 4 is 11.7 Å². The van der Waals surface area contributed by atoms with Crippen LogP contribution in [0, 0.1) is 0 Å². The van der Waals surface area contributed by atoms with Gasteiger partial charge in [-0.05, 0) is 17.7 Å². The molecule has 114 valence electrons. The maximum atomic E-state index is 11.9. The Balaban J connectivity index is 2.40. The van der Waals surface area contributed by atoms with E-state index in [4.69, 9.17) is 9.84 Å². The molecule has 0 amide bonds. The Morgan fingerprint density at radius 2 is 1.82 bits per heavy atom. The third kappa shape index (κ3) is 3.65. The molecule has 5 heteroatoms. The van der Waals surface area contributed by atoms with Gasteiger partial charge in [-0.3, -0.25) is 0 Å². The number of esters is 1. The highest BCUT2D eigenvalue weighted by atomic mass is 16.6. The molecule has 2 rings (SSSR count). The fourth-order valence-corrected chi connectivity index (χ4v) is 1.83. The van der Waals surface area contributed by atoms with E-state index in [0.29, 0.717) is 16.9 Å². The molecule has 2 N–H and O–H groups in total. The molecule has 0 unspecified atom stereocenters. The Bertz CT molecular complexity index is 676. The lowest BCUT2D eigenvalue weighted by Gasteiger charge is -2.11. The van der Waals surface area contributed by atoms with Crippen molar-refractivity contribution in [1.29, 1.82) is 0 Å². The molecule has 0 aliphatic heterocycles. The molecule has 0 radical (unpaired) electrons. The van der Waals surface area contributed by atoms with Crippen molar-refractivity contribution in [3.8, 4) is 5.75 Å². The molecule has 0 bridgehead atoms. The predicted octanol–water partition coefficient (Wildman–Crippen LogP) is 2.66. The monoisotopic (exact) mass is 300 g/mol. The van der Waals surface area contributed by atoms with Gasteiger partial charge in [-0.25, -0.2) is 4.79 Å². The van der Waals surface area contributed by atoms with Crippen LogP contribution < -0.4 is 4.74 Å². The van der Waals surface area contributed by atoms with Gasteiger partial charge in [0.05, 0.1) is 13.7 Å². The lowest BCUT2D eigenvalue weighted by molar-refractivity contribution is -0.138. The summed E-state index contributed by atoms with van der Waals surface area (Å²) in [6, 6.07) is 15.1. The molecule has 2 aromatic rings. The van der Waals surface area contributed by atoms with E-state index in [9.17, 15) is 9.90 Å². The Labute approximate surface area is 128 Å². The van der Waals surface area contributed by atoms with Crippen LogP contribution in [-0.2, 0) is 16.1 Å². The van der Waals surface area contributed by atoms with Gasteiger partial charge in [0.2, 0.25) is 0 Å². The molecule has 22 heavy (non-hydrogen) atoms. The lowest BCUT2D eigenvalue weighted by Crippen LogP contribution is -2.13. The fourth-order valence-electron chi connectivity index (χ4n) is 1.83. The van der Waals surface area contributed by atoms with Crippen molar-refractivity contribution in [2.24, 2.45) is 0 Å². The van der Waals surface area contributed by atoms with Crippen LogP contribution in [0.5, 0.6) is 5.75 Å². The zero-order chi connectivity index (χ0) is 15.9. The number of hydrogen-bond donors (Lipinski definition) is 2. The van der Waals surface area contributed by atoms with Crippen LogP contribution in [0.2, 0.25) is 0 Å². The number of ether oxygens (including phenoxy) is 2. The Morgan fingerprint density at radius 1 is 1.09 bits per heavy atom. The number of aliphatic hydroxyl groups excluding tert-OH is 2. The van der Waals surface area contributed by atoms with Gasteiger partial charge in [-0.1, -0.05) is 42.5 Å². The zero-order valence-electron chi connectivity index (χ0n) is 12.0. The molecule has 0 aliphatic carbocycles. The number of rotatable bonds is 5. The SMILES string of the molecule is COC(=O)C(Oc1cccc(CO)c1)=C(O)c1ccccc1. The largest absolute Gasteiger partial charge is 0.504 e. The van der Waals surface area contributed by atoms with Crippen molar-refractivity contribution in [3.05, 3.63) is 71.5 Å². The van der Waals surface area contributed by atoms with Crippen LogP contribution in [0.1, 0.15) is 11.1 Å². The number of methoxy groups -OCH3 is 1. The van der Waals surface area contributed by atoms with Gasteiger partial charge in [0.25, 0.3) is 5.76 Å². The summed E-state index contributed by atoms with van der Waals surface area (Å²) in [5.41, 5.74) is 1.06. The van der Waals surface area contributed by atoms with Gasteiger partial charge < -0.3 is 19.7 Å². The van der Waals surface area contributed by atoms with E-state index in [0.717, 1.165) is 0 Å². The van der Waals surface area contributed by atoms with Crippen molar-refractivity contribution in [1.82, 2.24) is 0 Å². The van der Waals surface area contributed by atoms with Gasteiger partial charge >= 0.3 is 5.97 Å². The first-order valence-electron chi connectivity index (χ1n) is 6.60. The highest BCUT2D eigenvalue weighted by Crippen LogP contribution is 2.22. The second-order valence-electron chi connectivity index (χ2n) is 4.44. The maximum Gasteiger partial charge on any atom is 0.377 e. The van der Waals surface area contributed by atoms with Gasteiger partial charge in [0.15, 0.2) is 5.76 Å². The van der Waals surface area contributed by atoms with Gasteiger partial charge in [-0.15, -0.1) is 0 Å². The van der Waals surface area contributed by atoms with E-state index >= 15 is 0 Å². The van der Waals surface area contributed by atoms with E-state index in [1.165, 1.54) is 7.11 Å². The summed E-state index contributed by atoms with van der Waals surface area (Å²) < 4.78 is 10.1. The molecule has 2 aromatic carbocycles. The van der Waals surface area contributed by atoms with Crippen molar-refractivity contribution in [3.63, 3.8) is 0 Å². The lowest BCUT2D eigenvalue weighted by atomic mass is 10.1. The molecule has 0 saturated carbocycles. The molecule has 0 atom stereocenters. The number of benzene rings is 2. The third-order valence-corrected chi connectivity index (χ3v) is 2.93. The number of hydrogen-bond acceptors (Lipinski definition) is 5. The van der Waals surface area contributed by atoms with Crippen LogP contribution in [0.25, 0.3) is 5.76 Å². The van der Waals surface area contributed by atoms with Crippen LogP contribution in [-0.4, -0.2) is 23.3 Å². The van der Waals surface area contributed by atoms with Crippen LogP contribution >= 0.6 is 0 Å². The Hall–Kier alpha value is -2.79. The standard InChI is InChI=1S/C17H16O5/c1-21-17(20)16(15(19)13-7-3-2-4-8-13)22-14-9-5-6-12(10-14)11-18/h2-10,18-19H,11H2,1H3. The minimum Gasteiger partial charge on any atom is -0.504 e. The van der Waals surface area contributed by atoms with Gasteiger partial charge in [0, 0.05) is 5.56 Å². The van der Waals surface area contributed by atoms with Crippen molar-refractivity contribution in [2.75, 3.05) is 7.11 Å². The van der Waals surface area contributed by atoms with E-state index in [1.54, 1.807) is 54.6 Å². The molecular formula is C17H16O5. The van der Waals surface area contributed by atoms with Gasteiger partial charge in [0.1, 0.15) is 5.75 Å². The summed E-state index contributed by atoms with van der Waals surface area (Å²) in [4.78, 5) is 11.9. The summed E-state index contributed by atoms with van der Waals surface area (Å²) >= 11 is 0. The third-order valence-electron chi connectivity index (χ3n) is 2.93. The van der Waals surface area contributed by atoms with Crippen LogP contribution in [0.3, 0.4) is 0 Å². The minimum atomic E-state index is -0.796. The molecule has 0 heterocycles. The molecule has 0 aliphatic rings. The number of carbonyl (C=O) groups excluding carboxylic acids is 1. The predicted molar refractivity (Wildman–Crippen MR) is 81.0 cm³/mol. The second-order valence-corrected chi connectivity index (χ2v) is 4.44. The first-order chi connectivity index (χ1) is 10.7. The van der Waals surface area contributed by atoms with Crippen LogP contribution in [0.4, 0.5) is 0 Å². The number of carbonyl (C=O) groups is 1. The highest BCUT2D eigenvalue weighted by Gasteiger charge is 2.20.